The number of carbonyl (C=O) groups is 1. The first kappa shape index (κ1) is 18.0. The van der Waals surface area contributed by atoms with E-state index in [0.29, 0.717) is 13.2 Å². The van der Waals surface area contributed by atoms with Crippen LogP contribution in [-0.4, -0.2) is 24.2 Å². The molecule has 24 heavy (non-hydrogen) atoms. The van der Waals surface area contributed by atoms with E-state index < -0.39 is 5.97 Å². The van der Waals surface area contributed by atoms with Crippen molar-refractivity contribution >= 4 is 29.3 Å². The van der Waals surface area contributed by atoms with Crippen LogP contribution in [0.5, 0.6) is 0 Å². The Morgan fingerprint density at radius 2 is 1.92 bits per heavy atom. The normalized spacial score (nSPS) is 10.9. The van der Waals surface area contributed by atoms with Crippen LogP contribution in [0.4, 0.5) is 5.69 Å². The SMILES string of the molecule is O=C(O)/C=C/c1ccccc1COCCCNc1ccc(Cl)cc1. The number of hydrogen-bond acceptors (Lipinski definition) is 3. The molecule has 0 spiro atoms. The molecule has 0 fully saturated rings. The quantitative estimate of drug-likeness (QED) is 0.520. The van der Waals surface area contributed by atoms with Crippen LogP contribution in [0, 0.1) is 0 Å². The van der Waals surface area contributed by atoms with Crippen molar-refractivity contribution < 1.29 is 14.6 Å². The molecule has 2 aromatic rings. The van der Waals surface area contributed by atoms with Gasteiger partial charge in [0, 0.05) is 29.9 Å². The highest BCUT2D eigenvalue weighted by Crippen LogP contribution is 2.14. The highest BCUT2D eigenvalue weighted by atomic mass is 35.5. The summed E-state index contributed by atoms with van der Waals surface area (Å²) in [4.78, 5) is 10.6. The van der Waals surface area contributed by atoms with E-state index in [2.05, 4.69) is 5.32 Å². The molecule has 4 nitrogen and oxygen atoms in total. The molecule has 0 saturated carbocycles. The van der Waals surface area contributed by atoms with Gasteiger partial charge in [0.15, 0.2) is 0 Å². The van der Waals surface area contributed by atoms with Crippen molar-refractivity contribution in [2.75, 3.05) is 18.5 Å². The van der Waals surface area contributed by atoms with Crippen molar-refractivity contribution in [2.24, 2.45) is 0 Å². The lowest BCUT2D eigenvalue weighted by molar-refractivity contribution is -0.131. The molecule has 0 amide bonds. The van der Waals surface area contributed by atoms with Gasteiger partial charge in [0.2, 0.25) is 0 Å². The second-order valence-electron chi connectivity index (χ2n) is 5.21. The molecule has 0 radical (unpaired) electrons. The predicted molar refractivity (Wildman–Crippen MR) is 97.3 cm³/mol. The maximum absolute atomic E-state index is 10.6. The molecule has 5 heteroatoms. The Morgan fingerprint density at radius 3 is 2.67 bits per heavy atom. The van der Waals surface area contributed by atoms with Crippen molar-refractivity contribution in [1.29, 1.82) is 0 Å². The molecule has 0 aliphatic rings. The Morgan fingerprint density at radius 1 is 1.17 bits per heavy atom. The summed E-state index contributed by atoms with van der Waals surface area (Å²) in [5, 5.41) is 12.7. The smallest absolute Gasteiger partial charge is 0.328 e. The van der Waals surface area contributed by atoms with Gasteiger partial charge in [-0.15, -0.1) is 0 Å². The first-order chi connectivity index (χ1) is 11.6. The van der Waals surface area contributed by atoms with Gasteiger partial charge in [-0.3, -0.25) is 0 Å². The van der Waals surface area contributed by atoms with Crippen molar-refractivity contribution in [3.63, 3.8) is 0 Å². The van der Waals surface area contributed by atoms with E-state index in [1.807, 2.05) is 48.5 Å². The zero-order chi connectivity index (χ0) is 17.2. The van der Waals surface area contributed by atoms with Gasteiger partial charge in [0.25, 0.3) is 0 Å². The second kappa shape index (κ2) is 9.75. The van der Waals surface area contributed by atoms with Crippen LogP contribution in [0.2, 0.25) is 5.02 Å². The maximum atomic E-state index is 10.6. The third-order valence-corrected chi connectivity index (χ3v) is 3.61. The lowest BCUT2D eigenvalue weighted by atomic mass is 10.1. The van der Waals surface area contributed by atoms with Gasteiger partial charge in [-0.05, 0) is 47.9 Å². The predicted octanol–water partition coefficient (Wildman–Crippen LogP) is 4.46. The molecule has 0 saturated heterocycles. The van der Waals surface area contributed by atoms with Gasteiger partial charge >= 0.3 is 5.97 Å². The van der Waals surface area contributed by atoms with Gasteiger partial charge in [0.1, 0.15) is 0 Å². The van der Waals surface area contributed by atoms with Crippen LogP contribution in [0.25, 0.3) is 6.08 Å². The molecule has 126 valence electrons. The number of benzene rings is 2. The minimum absolute atomic E-state index is 0.459. The molecule has 0 heterocycles. The Kier molecular flexibility index (Phi) is 7.33. The number of anilines is 1. The number of ether oxygens (including phenoxy) is 1. The summed E-state index contributed by atoms with van der Waals surface area (Å²) >= 11 is 5.84. The van der Waals surface area contributed by atoms with Crippen molar-refractivity contribution in [1.82, 2.24) is 0 Å². The highest BCUT2D eigenvalue weighted by molar-refractivity contribution is 6.30. The molecule has 0 aromatic heterocycles. The van der Waals surface area contributed by atoms with Crippen molar-refractivity contribution in [2.45, 2.75) is 13.0 Å². The molecule has 2 rings (SSSR count). The Balaban J connectivity index is 1.70. The largest absolute Gasteiger partial charge is 0.478 e. The van der Waals surface area contributed by atoms with E-state index in [1.54, 1.807) is 6.08 Å². The zero-order valence-corrected chi connectivity index (χ0v) is 14.0. The number of carboxylic acids is 1. The van der Waals surface area contributed by atoms with Crippen LogP contribution < -0.4 is 5.32 Å². The van der Waals surface area contributed by atoms with E-state index in [0.717, 1.165) is 40.9 Å². The lowest BCUT2D eigenvalue weighted by Gasteiger charge is -2.09. The van der Waals surface area contributed by atoms with Crippen LogP contribution in [0.15, 0.2) is 54.6 Å². The van der Waals surface area contributed by atoms with Gasteiger partial charge in [-0.1, -0.05) is 35.9 Å². The summed E-state index contributed by atoms with van der Waals surface area (Å²) in [7, 11) is 0. The number of aliphatic carboxylic acids is 1. The summed E-state index contributed by atoms with van der Waals surface area (Å²) in [5.74, 6) is -0.959. The van der Waals surface area contributed by atoms with E-state index in [9.17, 15) is 4.79 Å². The number of hydrogen-bond donors (Lipinski definition) is 2. The van der Waals surface area contributed by atoms with E-state index in [-0.39, 0.29) is 0 Å². The second-order valence-corrected chi connectivity index (χ2v) is 5.65. The first-order valence-corrected chi connectivity index (χ1v) is 8.09. The van der Waals surface area contributed by atoms with E-state index >= 15 is 0 Å². The van der Waals surface area contributed by atoms with Crippen LogP contribution in [-0.2, 0) is 16.1 Å². The fraction of sp³-hybridized carbons (Fsp3) is 0.211. The van der Waals surface area contributed by atoms with Crippen LogP contribution in [0.1, 0.15) is 17.5 Å². The van der Waals surface area contributed by atoms with Crippen molar-refractivity contribution in [3.05, 3.63) is 70.8 Å². The Labute approximate surface area is 146 Å². The maximum Gasteiger partial charge on any atom is 0.328 e. The van der Waals surface area contributed by atoms with E-state index in [1.165, 1.54) is 0 Å². The minimum Gasteiger partial charge on any atom is -0.478 e. The third kappa shape index (κ3) is 6.44. The lowest BCUT2D eigenvalue weighted by Crippen LogP contribution is -2.06. The molecule has 0 atom stereocenters. The average Bonchev–Trinajstić information content (AvgIpc) is 2.58. The fourth-order valence-electron chi connectivity index (χ4n) is 2.15. The monoisotopic (exact) mass is 345 g/mol. The highest BCUT2D eigenvalue weighted by Gasteiger charge is 2.00. The minimum atomic E-state index is -0.959. The van der Waals surface area contributed by atoms with E-state index in [4.69, 9.17) is 21.4 Å². The molecule has 2 N–H and O–H groups in total. The van der Waals surface area contributed by atoms with Crippen LogP contribution in [0.3, 0.4) is 0 Å². The summed E-state index contributed by atoms with van der Waals surface area (Å²) in [5.41, 5.74) is 2.86. The molecule has 0 bridgehead atoms. The van der Waals surface area contributed by atoms with Crippen molar-refractivity contribution in [3.8, 4) is 0 Å². The Hall–Kier alpha value is -2.30. The van der Waals surface area contributed by atoms with Gasteiger partial charge in [0.05, 0.1) is 6.61 Å². The summed E-state index contributed by atoms with van der Waals surface area (Å²) in [6.45, 7) is 1.89. The van der Waals surface area contributed by atoms with Gasteiger partial charge in [-0.2, -0.15) is 0 Å². The number of rotatable bonds is 9. The topological polar surface area (TPSA) is 58.6 Å². The number of nitrogens with one attached hydrogen (secondary N) is 1. The third-order valence-electron chi connectivity index (χ3n) is 3.36. The first-order valence-electron chi connectivity index (χ1n) is 7.71. The number of halogens is 1. The molecule has 0 unspecified atom stereocenters. The average molecular weight is 346 g/mol. The standard InChI is InChI=1S/C19H20ClNO3/c20-17-7-9-18(10-8-17)21-12-3-13-24-14-16-5-2-1-4-15(16)6-11-19(22)23/h1-2,4-11,21H,3,12-14H2,(H,22,23)/b11-6+. The van der Waals surface area contributed by atoms with Gasteiger partial charge in [-0.25, -0.2) is 4.79 Å². The zero-order valence-electron chi connectivity index (χ0n) is 13.2. The summed E-state index contributed by atoms with van der Waals surface area (Å²) < 4.78 is 5.68. The summed E-state index contributed by atoms with van der Waals surface area (Å²) in [6, 6.07) is 15.2. The number of carboxylic acid groups (broad SMARTS) is 1. The summed E-state index contributed by atoms with van der Waals surface area (Å²) in [6.07, 6.45) is 3.59. The molecular weight excluding hydrogens is 326 g/mol. The molecular formula is C19H20ClNO3. The fourth-order valence-corrected chi connectivity index (χ4v) is 2.27. The van der Waals surface area contributed by atoms with Crippen LogP contribution >= 0.6 is 11.6 Å². The molecule has 0 aliphatic heterocycles. The molecule has 0 aliphatic carbocycles. The van der Waals surface area contributed by atoms with Gasteiger partial charge < -0.3 is 15.2 Å². The molecule has 2 aromatic carbocycles. The Bertz CT molecular complexity index is 683.